The van der Waals surface area contributed by atoms with Gasteiger partial charge in [-0.15, -0.1) is 9.24 Å². The number of rotatable bonds is 0. The summed E-state index contributed by atoms with van der Waals surface area (Å²) in [6.07, 6.45) is 4.02. The van der Waals surface area contributed by atoms with Crippen molar-refractivity contribution in [2.24, 2.45) is 0 Å². The smallest absolute Gasteiger partial charge is 0.0556 e. The van der Waals surface area contributed by atoms with Gasteiger partial charge in [0.15, 0.2) is 0 Å². The Morgan fingerprint density at radius 1 is 1.30 bits per heavy atom. The van der Waals surface area contributed by atoms with Gasteiger partial charge in [0.2, 0.25) is 0 Å². The highest BCUT2D eigenvalue weighted by Crippen LogP contribution is 2.26. The van der Waals surface area contributed by atoms with E-state index in [0.29, 0.717) is 10.9 Å². The largest absolute Gasteiger partial charge is 0.393 e. The number of aliphatic hydroxyl groups is 1. The molecule has 1 aliphatic rings. The SMILES string of the molecule is OC1CC(P)CCC(S)C1. The lowest BCUT2D eigenvalue weighted by Crippen LogP contribution is -2.12. The second kappa shape index (κ2) is 3.94. The maximum Gasteiger partial charge on any atom is 0.0556 e. The normalized spacial score (nSPS) is 42.9. The van der Waals surface area contributed by atoms with Crippen molar-refractivity contribution >= 4 is 21.9 Å². The molecule has 0 saturated heterocycles. The molecule has 10 heavy (non-hydrogen) atoms. The molecule has 4 atom stereocenters. The molecule has 0 bridgehead atoms. The summed E-state index contributed by atoms with van der Waals surface area (Å²) in [5.41, 5.74) is 0.604. The lowest BCUT2D eigenvalue weighted by molar-refractivity contribution is 0.160. The van der Waals surface area contributed by atoms with Gasteiger partial charge in [-0.3, -0.25) is 0 Å². The molecule has 3 heteroatoms. The van der Waals surface area contributed by atoms with E-state index in [1.807, 2.05) is 0 Å². The zero-order valence-corrected chi connectivity index (χ0v) is 8.08. The highest BCUT2D eigenvalue weighted by Gasteiger charge is 2.19. The van der Waals surface area contributed by atoms with Crippen molar-refractivity contribution in [3.63, 3.8) is 0 Å². The molecule has 60 valence electrons. The molecule has 1 fully saturated rings. The minimum Gasteiger partial charge on any atom is -0.393 e. The molecule has 1 N–H and O–H groups in total. The Kier molecular flexibility index (Phi) is 3.48. The molecule has 0 aromatic carbocycles. The predicted octanol–water partition coefficient (Wildman–Crippen LogP) is 1.46. The predicted molar refractivity (Wildman–Crippen MR) is 50.7 cm³/mol. The van der Waals surface area contributed by atoms with Crippen molar-refractivity contribution < 1.29 is 5.11 Å². The van der Waals surface area contributed by atoms with Crippen LogP contribution in [0.25, 0.3) is 0 Å². The first-order valence-corrected chi connectivity index (χ1v) is 4.98. The van der Waals surface area contributed by atoms with E-state index in [-0.39, 0.29) is 6.10 Å². The quantitative estimate of drug-likeness (QED) is 0.327. The fourth-order valence-electron chi connectivity index (χ4n) is 1.40. The molecule has 1 rings (SSSR count). The van der Waals surface area contributed by atoms with E-state index in [2.05, 4.69) is 21.9 Å². The summed E-state index contributed by atoms with van der Waals surface area (Å²) in [7, 11) is 2.79. The summed E-state index contributed by atoms with van der Waals surface area (Å²) in [5.74, 6) is 0. The van der Waals surface area contributed by atoms with Crippen LogP contribution in [0.4, 0.5) is 0 Å². The van der Waals surface area contributed by atoms with Crippen molar-refractivity contribution in [2.75, 3.05) is 0 Å². The molecule has 0 aliphatic heterocycles. The van der Waals surface area contributed by atoms with Gasteiger partial charge in [-0.2, -0.15) is 12.6 Å². The second-order valence-electron chi connectivity index (χ2n) is 3.12. The van der Waals surface area contributed by atoms with Gasteiger partial charge in [0.1, 0.15) is 0 Å². The maximum atomic E-state index is 9.37. The minimum absolute atomic E-state index is 0.118. The van der Waals surface area contributed by atoms with Crippen LogP contribution in [0, 0.1) is 0 Å². The standard InChI is InChI=1S/C7H15OPS/c8-5-3-6(9)1-2-7(10)4-5/h5-8,10H,1-4,9H2. The van der Waals surface area contributed by atoms with Gasteiger partial charge in [0.25, 0.3) is 0 Å². The molecule has 0 radical (unpaired) electrons. The fraction of sp³-hybridized carbons (Fsp3) is 1.00. The van der Waals surface area contributed by atoms with Crippen molar-refractivity contribution in [3.05, 3.63) is 0 Å². The van der Waals surface area contributed by atoms with E-state index in [9.17, 15) is 5.11 Å². The zero-order valence-electron chi connectivity index (χ0n) is 6.03. The van der Waals surface area contributed by atoms with Crippen LogP contribution in [0.2, 0.25) is 0 Å². The molecule has 1 saturated carbocycles. The van der Waals surface area contributed by atoms with Crippen LogP contribution in [-0.4, -0.2) is 22.1 Å². The van der Waals surface area contributed by atoms with Crippen molar-refractivity contribution in [3.8, 4) is 0 Å². The lowest BCUT2D eigenvalue weighted by Gasteiger charge is -2.10. The van der Waals surface area contributed by atoms with E-state index in [4.69, 9.17) is 0 Å². The molecule has 0 spiro atoms. The zero-order chi connectivity index (χ0) is 7.56. The number of hydrogen-bond donors (Lipinski definition) is 2. The Labute approximate surface area is 70.2 Å². The lowest BCUT2D eigenvalue weighted by atomic mass is 10.1. The van der Waals surface area contributed by atoms with Crippen LogP contribution in [0.15, 0.2) is 0 Å². The third-order valence-corrected chi connectivity index (χ3v) is 3.06. The number of aliphatic hydroxyl groups excluding tert-OH is 1. The van der Waals surface area contributed by atoms with E-state index >= 15 is 0 Å². The summed E-state index contributed by atoms with van der Waals surface area (Å²) < 4.78 is 0. The van der Waals surface area contributed by atoms with Gasteiger partial charge in [0, 0.05) is 5.25 Å². The maximum absolute atomic E-state index is 9.37. The topological polar surface area (TPSA) is 20.2 Å². The summed E-state index contributed by atoms with van der Waals surface area (Å²) in [5, 5.41) is 9.78. The Balaban J connectivity index is 2.38. The van der Waals surface area contributed by atoms with E-state index in [1.165, 1.54) is 6.42 Å². The van der Waals surface area contributed by atoms with E-state index in [0.717, 1.165) is 19.3 Å². The molecule has 1 nitrogen and oxygen atoms in total. The Hall–Kier alpha value is 0.740. The van der Waals surface area contributed by atoms with Crippen LogP contribution in [-0.2, 0) is 0 Å². The molecular formula is C7H15OPS. The molecular weight excluding hydrogens is 163 g/mol. The number of hydrogen-bond acceptors (Lipinski definition) is 2. The average molecular weight is 178 g/mol. The van der Waals surface area contributed by atoms with Crippen LogP contribution >= 0.6 is 21.9 Å². The first-order valence-electron chi connectivity index (χ1n) is 3.80. The molecule has 1 aliphatic carbocycles. The first kappa shape index (κ1) is 8.83. The van der Waals surface area contributed by atoms with Crippen LogP contribution < -0.4 is 0 Å². The van der Waals surface area contributed by atoms with Crippen LogP contribution in [0.1, 0.15) is 25.7 Å². The second-order valence-corrected chi connectivity index (χ2v) is 4.79. The first-order chi connectivity index (χ1) is 4.68. The Morgan fingerprint density at radius 3 is 2.70 bits per heavy atom. The molecule has 4 unspecified atom stereocenters. The summed E-state index contributed by atoms with van der Waals surface area (Å²) in [6, 6.07) is 0. The van der Waals surface area contributed by atoms with Crippen LogP contribution in [0.3, 0.4) is 0 Å². The van der Waals surface area contributed by atoms with E-state index in [1.54, 1.807) is 0 Å². The third-order valence-electron chi connectivity index (χ3n) is 1.99. The van der Waals surface area contributed by atoms with Gasteiger partial charge in [-0.25, -0.2) is 0 Å². The molecule has 0 amide bonds. The van der Waals surface area contributed by atoms with Gasteiger partial charge in [-0.05, 0) is 31.3 Å². The summed E-state index contributed by atoms with van der Waals surface area (Å²) >= 11 is 4.36. The molecule has 0 aromatic heterocycles. The van der Waals surface area contributed by atoms with Gasteiger partial charge in [0.05, 0.1) is 6.10 Å². The van der Waals surface area contributed by atoms with Crippen molar-refractivity contribution in [1.82, 2.24) is 0 Å². The third kappa shape index (κ3) is 2.77. The molecule has 0 heterocycles. The van der Waals surface area contributed by atoms with E-state index < -0.39 is 0 Å². The van der Waals surface area contributed by atoms with Crippen molar-refractivity contribution in [2.45, 2.75) is 42.7 Å². The summed E-state index contributed by atoms with van der Waals surface area (Å²) in [6.45, 7) is 0. The van der Waals surface area contributed by atoms with Gasteiger partial charge in [-0.1, -0.05) is 0 Å². The van der Waals surface area contributed by atoms with Gasteiger partial charge < -0.3 is 5.11 Å². The average Bonchev–Trinajstić information content (AvgIpc) is 1.93. The highest BCUT2D eigenvalue weighted by atomic mass is 32.1. The van der Waals surface area contributed by atoms with Crippen molar-refractivity contribution in [1.29, 1.82) is 0 Å². The minimum atomic E-state index is -0.118. The Bertz CT molecular complexity index is 97.8. The Morgan fingerprint density at radius 2 is 2.00 bits per heavy atom. The molecule has 0 aromatic rings. The number of thiol groups is 1. The highest BCUT2D eigenvalue weighted by molar-refractivity contribution is 7.80. The fourth-order valence-corrected chi connectivity index (χ4v) is 2.30. The van der Waals surface area contributed by atoms with Gasteiger partial charge >= 0.3 is 0 Å². The monoisotopic (exact) mass is 178 g/mol. The summed E-state index contributed by atoms with van der Waals surface area (Å²) in [4.78, 5) is 0. The van der Waals surface area contributed by atoms with Crippen LogP contribution in [0.5, 0.6) is 0 Å².